The molecule has 0 saturated carbocycles. The molecule has 2 aliphatic heterocycles. The zero-order valence-electron chi connectivity index (χ0n) is 13.0. The number of fused-ring (bicyclic) bond motifs is 1. The van der Waals surface area contributed by atoms with Gasteiger partial charge in [-0.1, -0.05) is 20.3 Å². The first-order chi connectivity index (χ1) is 10.1. The minimum Gasteiger partial charge on any atom is -0.377 e. The molecular weight excluding hydrogens is 268 g/mol. The minimum absolute atomic E-state index is 0.0192. The number of nitrogens with zero attached hydrogens (tertiary/aromatic N) is 3. The monoisotopic (exact) mass is 292 g/mol. The highest BCUT2D eigenvalue weighted by molar-refractivity contribution is 5.94. The Morgan fingerprint density at radius 2 is 2.38 bits per heavy atom. The van der Waals surface area contributed by atoms with Gasteiger partial charge in [0.15, 0.2) is 5.82 Å². The van der Waals surface area contributed by atoms with Crippen LogP contribution in [0.25, 0.3) is 0 Å². The zero-order valence-corrected chi connectivity index (χ0v) is 13.0. The van der Waals surface area contributed by atoms with E-state index in [0.29, 0.717) is 37.4 Å². The first-order valence-electron chi connectivity index (χ1n) is 7.84. The van der Waals surface area contributed by atoms with E-state index in [1.165, 1.54) is 0 Å². The number of morpholine rings is 1. The van der Waals surface area contributed by atoms with Crippen LogP contribution in [0.1, 0.15) is 43.7 Å². The van der Waals surface area contributed by atoms with Crippen LogP contribution in [0.5, 0.6) is 0 Å². The van der Waals surface area contributed by atoms with Crippen LogP contribution in [0.3, 0.4) is 0 Å². The van der Waals surface area contributed by atoms with Crippen LogP contribution in [-0.2, 0) is 4.74 Å². The molecule has 1 fully saturated rings. The number of carbonyl (C=O) groups is 1. The Morgan fingerprint density at radius 1 is 1.57 bits per heavy atom. The second kappa shape index (κ2) is 5.67. The summed E-state index contributed by atoms with van der Waals surface area (Å²) >= 11 is 0. The van der Waals surface area contributed by atoms with Crippen molar-refractivity contribution in [1.82, 2.24) is 15.1 Å². The van der Waals surface area contributed by atoms with Crippen molar-refractivity contribution in [3.8, 4) is 0 Å². The molecule has 0 aliphatic carbocycles. The molecule has 0 unspecified atom stereocenters. The summed E-state index contributed by atoms with van der Waals surface area (Å²) in [6.45, 7) is 9.44. The van der Waals surface area contributed by atoms with Crippen molar-refractivity contribution in [1.29, 1.82) is 0 Å². The SMILES string of the molecule is CC[C@H](C)[C@@H]1CNC(=O)c2cc(N3CCOC[C@H]3C)nn21. The average molecular weight is 292 g/mol. The molecule has 1 aromatic heterocycles. The summed E-state index contributed by atoms with van der Waals surface area (Å²) in [5.74, 6) is 1.36. The van der Waals surface area contributed by atoms with Crippen molar-refractivity contribution >= 4 is 11.7 Å². The summed E-state index contributed by atoms with van der Waals surface area (Å²) < 4.78 is 7.41. The van der Waals surface area contributed by atoms with Crippen LogP contribution in [0, 0.1) is 5.92 Å². The summed E-state index contributed by atoms with van der Waals surface area (Å²) in [5, 5.41) is 7.74. The number of aromatic nitrogens is 2. The van der Waals surface area contributed by atoms with E-state index < -0.39 is 0 Å². The summed E-state index contributed by atoms with van der Waals surface area (Å²) in [6.07, 6.45) is 1.07. The molecule has 6 nitrogen and oxygen atoms in total. The molecule has 1 N–H and O–H groups in total. The van der Waals surface area contributed by atoms with Crippen molar-refractivity contribution in [3.05, 3.63) is 11.8 Å². The predicted octanol–water partition coefficient (Wildman–Crippen LogP) is 1.44. The summed E-state index contributed by atoms with van der Waals surface area (Å²) in [5.41, 5.74) is 0.681. The average Bonchev–Trinajstić information content (AvgIpc) is 2.93. The summed E-state index contributed by atoms with van der Waals surface area (Å²) in [7, 11) is 0. The first kappa shape index (κ1) is 14.4. The lowest BCUT2D eigenvalue weighted by Gasteiger charge is -2.33. The van der Waals surface area contributed by atoms with Gasteiger partial charge in [-0.3, -0.25) is 9.48 Å². The topological polar surface area (TPSA) is 59.4 Å². The molecule has 1 amide bonds. The van der Waals surface area contributed by atoms with Gasteiger partial charge < -0.3 is 15.0 Å². The van der Waals surface area contributed by atoms with Crippen molar-refractivity contribution in [2.24, 2.45) is 5.92 Å². The number of amides is 1. The molecule has 21 heavy (non-hydrogen) atoms. The number of anilines is 1. The summed E-state index contributed by atoms with van der Waals surface area (Å²) in [6, 6.07) is 2.46. The number of carbonyl (C=O) groups excluding carboxylic acids is 1. The molecule has 3 atom stereocenters. The third kappa shape index (κ3) is 2.52. The van der Waals surface area contributed by atoms with E-state index in [0.717, 1.165) is 18.8 Å². The van der Waals surface area contributed by atoms with E-state index in [9.17, 15) is 4.79 Å². The number of rotatable bonds is 3. The maximum absolute atomic E-state index is 12.1. The number of ether oxygens (including phenoxy) is 1. The second-order valence-corrected chi connectivity index (χ2v) is 6.11. The normalized spacial score (nSPS) is 27.2. The van der Waals surface area contributed by atoms with Gasteiger partial charge in [-0.2, -0.15) is 5.10 Å². The molecule has 1 aromatic rings. The Bertz CT molecular complexity index is 528. The molecule has 0 spiro atoms. The van der Waals surface area contributed by atoms with Crippen molar-refractivity contribution in [3.63, 3.8) is 0 Å². The largest absolute Gasteiger partial charge is 0.377 e. The third-order valence-corrected chi connectivity index (χ3v) is 4.70. The first-order valence-corrected chi connectivity index (χ1v) is 7.84. The van der Waals surface area contributed by atoms with Gasteiger partial charge in [-0.25, -0.2) is 0 Å². The second-order valence-electron chi connectivity index (χ2n) is 6.11. The molecular formula is C15H24N4O2. The molecule has 2 aliphatic rings. The van der Waals surface area contributed by atoms with Crippen molar-refractivity contribution in [2.75, 3.05) is 31.2 Å². The lowest BCUT2D eigenvalue weighted by Crippen LogP contribution is -2.44. The minimum atomic E-state index is -0.0192. The fraction of sp³-hybridized carbons (Fsp3) is 0.733. The fourth-order valence-electron chi connectivity index (χ4n) is 3.10. The van der Waals surface area contributed by atoms with E-state index in [2.05, 4.69) is 31.0 Å². The van der Waals surface area contributed by atoms with Gasteiger partial charge in [-0.05, 0) is 12.8 Å². The van der Waals surface area contributed by atoms with E-state index in [4.69, 9.17) is 9.84 Å². The van der Waals surface area contributed by atoms with Crippen LogP contribution in [0.2, 0.25) is 0 Å². The van der Waals surface area contributed by atoms with Gasteiger partial charge in [0.05, 0.1) is 25.3 Å². The maximum Gasteiger partial charge on any atom is 0.269 e. The van der Waals surface area contributed by atoms with Crippen LogP contribution in [0.15, 0.2) is 6.07 Å². The Kier molecular flexibility index (Phi) is 3.89. The van der Waals surface area contributed by atoms with Crippen molar-refractivity contribution in [2.45, 2.75) is 39.3 Å². The van der Waals surface area contributed by atoms with Gasteiger partial charge in [-0.15, -0.1) is 0 Å². The predicted molar refractivity (Wildman–Crippen MR) is 80.7 cm³/mol. The molecule has 0 bridgehead atoms. The maximum atomic E-state index is 12.1. The van der Waals surface area contributed by atoms with E-state index in [1.54, 1.807) is 0 Å². The fourth-order valence-corrected chi connectivity index (χ4v) is 3.10. The third-order valence-electron chi connectivity index (χ3n) is 4.70. The quantitative estimate of drug-likeness (QED) is 0.916. The zero-order chi connectivity index (χ0) is 15.0. The molecule has 116 valence electrons. The Balaban J connectivity index is 1.93. The van der Waals surface area contributed by atoms with E-state index in [1.807, 2.05) is 10.7 Å². The van der Waals surface area contributed by atoms with Gasteiger partial charge in [0.1, 0.15) is 5.69 Å². The molecule has 0 radical (unpaired) electrons. The van der Waals surface area contributed by atoms with E-state index in [-0.39, 0.29) is 11.9 Å². The van der Waals surface area contributed by atoms with Crippen LogP contribution >= 0.6 is 0 Å². The smallest absolute Gasteiger partial charge is 0.269 e. The molecule has 3 heterocycles. The number of nitrogens with one attached hydrogen (secondary N) is 1. The lowest BCUT2D eigenvalue weighted by molar-refractivity contribution is 0.0893. The van der Waals surface area contributed by atoms with Gasteiger partial charge in [0, 0.05) is 19.2 Å². The van der Waals surface area contributed by atoms with Crippen LogP contribution in [-0.4, -0.2) is 48.0 Å². The van der Waals surface area contributed by atoms with Gasteiger partial charge >= 0.3 is 0 Å². The highest BCUT2D eigenvalue weighted by Crippen LogP contribution is 2.28. The number of hydrogen-bond acceptors (Lipinski definition) is 4. The van der Waals surface area contributed by atoms with Crippen LogP contribution < -0.4 is 10.2 Å². The Labute approximate surface area is 125 Å². The van der Waals surface area contributed by atoms with Crippen molar-refractivity contribution < 1.29 is 9.53 Å². The van der Waals surface area contributed by atoms with Crippen LogP contribution in [0.4, 0.5) is 5.82 Å². The van der Waals surface area contributed by atoms with Gasteiger partial charge in [0.2, 0.25) is 0 Å². The Hall–Kier alpha value is -1.56. The molecule has 3 rings (SSSR count). The summed E-state index contributed by atoms with van der Waals surface area (Å²) in [4.78, 5) is 14.3. The van der Waals surface area contributed by atoms with Gasteiger partial charge in [0.25, 0.3) is 5.91 Å². The highest BCUT2D eigenvalue weighted by atomic mass is 16.5. The molecule has 6 heteroatoms. The standard InChI is InChI=1S/C15H24N4O2/c1-4-10(2)13-8-16-15(20)12-7-14(17-19(12)13)18-5-6-21-9-11(18)3/h7,10-11,13H,4-6,8-9H2,1-3H3,(H,16,20)/t10-,11+,13-/m0/s1. The number of hydrogen-bond donors (Lipinski definition) is 1. The molecule has 1 saturated heterocycles. The molecule has 0 aromatic carbocycles. The highest BCUT2D eigenvalue weighted by Gasteiger charge is 2.32. The van der Waals surface area contributed by atoms with E-state index >= 15 is 0 Å². The lowest BCUT2D eigenvalue weighted by atomic mass is 9.98. The Morgan fingerprint density at radius 3 is 3.10 bits per heavy atom.